The summed E-state index contributed by atoms with van der Waals surface area (Å²) in [5, 5.41) is 1.31. The molecule has 1 nitrogen and oxygen atoms in total. The number of fused-ring (bicyclic) bond motifs is 1. The Morgan fingerprint density at radius 3 is 2.17 bits per heavy atom. The number of rotatable bonds is 12. The topological polar surface area (TPSA) is 4.93 Å². The van der Waals surface area contributed by atoms with E-state index in [1.807, 2.05) is 32.1 Å². The lowest BCUT2D eigenvalue weighted by Crippen LogP contribution is -2.03. The van der Waals surface area contributed by atoms with Crippen LogP contribution in [0.2, 0.25) is 0 Å². The summed E-state index contributed by atoms with van der Waals surface area (Å²) in [6.45, 7) is 17.9. The average Bonchev–Trinajstić information content (AvgIpc) is 3.41. The Hall–Kier alpha value is -3.39. The fraction of sp³-hybridized carbons (Fsp3) is 0.385. The molecule has 1 aromatic heterocycles. The van der Waals surface area contributed by atoms with E-state index < -0.39 is 0 Å². The molecule has 0 fully saturated rings. The van der Waals surface area contributed by atoms with Crippen molar-refractivity contribution < 1.29 is 4.39 Å². The summed E-state index contributed by atoms with van der Waals surface area (Å²) >= 11 is 0. The van der Waals surface area contributed by atoms with Crippen LogP contribution >= 0.6 is 0 Å². The molecule has 1 heterocycles. The maximum absolute atomic E-state index is 13.4. The third-order valence-corrected chi connectivity index (χ3v) is 7.11. The van der Waals surface area contributed by atoms with E-state index in [0.29, 0.717) is 0 Å². The standard InChI is InChI=1S/C30H32FN.C7H14.C2H6/c1-3-9-26-22-27(29(4-2)24-15-17-28(31)18-16-24)14-13-23(26)10-7-8-20-32-21-19-25-11-5-6-12-30(25)32;1-4-5-6-7(2)3;1-2/h4-6,11-19,21-22,29H,2-3,7-10,20H2,1H3;5-7H,4H2,1-3H3;1-2H3. The van der Waals surface area contributed by atoms with E-state index in [9.17, 15) is 4.39 Å². The second-order valence-corrected chi connectivity index (χ2v) is 10.6. The Kier molecular flexibility index (Phi) is 15.6. The van der Waals surface area contributed by atoms with Crippen molar-refractivity contribution in [1.29, 1.82) is 0 Å². The van der Waals surface area contributed by atoms with Crippen LogP contribution in [0.4, 0.5) is 4.39 Å². The molecule has 0 saturated heterocycles. The highest BCUT2D eigenvalue weighted by Gasteiger charge is 2.13. The Morgan fingerprint density at radius 1 is 0.829 bits per heavy atom. The van der Waals surface area contributed by atoms with Crippen molar-refractivity contribution in [2.75, 3.05) is 0 Å². The molecule has 0 saturated carbocycles. The molecule has 1 unspecified atom stereocenters. The first-order valence-corrected chi connectivity index (χ1v) is 15.7. The van der Waals surface area contributed by atoms with Gasteiger partial charge in [-0.1, -0.05) is 115 Å². The number of aromatic nitrogens is 1. The van der Waals surface area contributed by atoms with E-state index in [2.05, 4.69) is 106 Å². The molecule has 0 amide bonds. The molecule has 0 N–H and O–H groups in total. The zero-order chi connectivity index (χ0) is 30.0. The third-order valence-electron chi connectivity index (χ3n) is 7.11. The van der Waals surface area contributed by atoms with Crippen molar-refractivity contribution in [1.82, 2.24) is 4.57 Å². The Morgan fingerprint density at radius 2 is 1.54 bits per heavy atom. The maximum atomic E-state index is 13.4. The van der Waals surface area contributed by atoms with Crippen molar-refractivity contribution in [2.24, 2.45) is 5.92 Å². The highest BCUT2D eigenvalue weighted by Crippen LogP contribution is 2.29. The number of allylic oxidation sites excluding steroid dienone is 3. The predicted octanol–water partition coefficient (Wildman–Crippen LogP) is 11.7. The van der Waals surface area contributed by atoms with Crippen LogP contribution in [-0.2, 0) is 19.4 Å². The van der Waals surface area contributed by atoms with Crippen molar-refractivity contribution in [3.8, 4) is 0 Å². The van der Waals surface area contributed by atoms with Crippen LogP contribution in [0.1, 0.15) is 95.4 Å². The molecule has 4 aromatic rings. The first-order valence-electron chi connectivity index (χ1n) is 15.7. The normalized spacial score (nSPS) is 11.6. The largest absolute Gasteiger partial charge is 0.347 e. The molecule has 0 aliphatic rings. The summed E-state index contributed by atoms with van der Waals surface area (Å²) < 4.78 is 15.7. The zero-order valence-corrected chi connectivity index (χ0v) is 26.4. The van der Waals surface area contributed by atoms with Gasteiger partial charge in [0, 0.05) is 24.2 Å². The minimum atomic E-state index is -0.202. The van der Waals surface area contributed by atoms with Gasteiger partial charge in [0.15, 0.2) is 0 Å². The number of benzene rings is 3. The first kappa shape index (κ1) is 33.8. The summed E-state index contributed by atoms with van der Waals surface area (Å²) in [6, 6.07) is 24.4. The first-order chi connectivity index (χ1) is 20.0. The molecular weight excluding hydrogens is 501 g/mol. The Labute approximate surface area is 249 Å². The van der Waals surface area contributed by atoms with Gasteiger partial charge in [0.1, 0.15) is 5.82 Å². The van der Waals surface area contributed by atoms with Crippen molar-refractivity contribution in [2.45, 2.75) is 92.5 Å². The molecule has 4 rings (SSSR count). The van der Waals surface area contributed by atoms with Crippen molar-refractivity contribution in [3.63, 3.8) is 0 Å². The molecule has 0 aliphatic heterocycles. The number of aryl methyl sites for hydroxylation is 3. The van der Waals surface area contributed by atoms with E-state index in [-0.39, 0.29) is 11.7 Å². The van der Waals surface area contributed by atoms with Crippen LogP contribution in [0.3, 0.4) is 0 Å². The second-order valence-electron chi connectivity index (χ2n) is 10.6. The quantitative estimate of drug-likeness (QED) is 0.121. The van der Waals surface area contributed by atoms with Gasteiger partial charge in [-0.25, -0.2) is 4.39 Å². The molecule has 2 heteroatoms. The van der Waals surface area contributed by atoms with E-state index >= 15 is 0 Å². The van der Waals surface area contributed by atoms with Crippen LogP contribution in [0, 0.1) is 11.7 Å². The van der Waals surface area contributed by atoms with Crippen LogP contribution in [0.15, 0.2) is 104 Å². The molecule has 1 atom stereocenters. The highest BCUT2D eigenvalue weighted by molar-refractivity contribution is 5.79. The molecule has 0 aliphatic carbocycles. The summed E-state index contributed by atoms with van der Waals surface area (Å²) in [5.41, 5.74) is 6.52. The minimum Gasteiger partial charge on any atom is -0.347 e. The van der Waals surface area contributed by atoms with Crippen LogP contribution in [-0.4, -0.2) is 4.57 Å². The zero-order valence-electron chi connectivity index (χ0n) is 26.4. The summed E-state index contributed by atoms with van der Waals surface area (Å²) in [6.07, 6.45) is 15.4. The Balaban J connectivity index is 0.000000573. The Bertz CT molecular complexity index is 1310. The minimum absolute atomic E-state index is 0.0854. The lowest BCUT2D eigenvalue weighted by Gasteiger charge is -2.17. The fourth-order valence-electron chi connectivity index (χ4n) is 5.06. The van der Waals surface area contributed by atoms with Crippen LogP contribution in [0.25, 0.3) is 10.9 Å². The van der Waals surface area contributed by atoms with Crippen LogP contribution in [0.5, 0.6) is 0 Å². The van der Waals surface area contributed by atoms with Crippen molar-refractivity contribution >= 4 is 10.9 Å². The number of nitrogens with zero attached hydrogens (tertiary/aromatic N) is 1. The van der Waals surface area contributed by atoms with Crippen LogP contribution < -0.4 is 0 Å². The number of hydrogen-bond acceptors (Lipinski definition) is 0. The predicted molar refractivity (Wildman–Crippen MR) is 179 cm³/mol. The SMILES string of the molecule is C=CC(c1ccc(F)cc1)c1ccc(CCCCn2ccc3ccccc32)c(CCC)c1.CC.CCC=CC(C)C. The van der Waals surface area contributed by atoms with Gasteiger partial charge >= 0.3 is 0 Å². The summed E-state index contributed by atoms with van der Waals surface area (Å²) in [7, 11) is 0. The second kappa shape index (κ2) is 18.9. The lowest BCUT2D eigenvalue weighted by molar-refractivity contribution is 0.622. The smallest absolute Gasteiger partial charge is 0.123 e. The van der Waals surface area contributed by atoms with Gasteiger partial charge in [0.25, 0.3) is 0 Å². The maximum Gasteiger partial charge on any atom is 0.123 e. The van der Waals surface area contributed by atoms with Gasteiger partial charge in [-0.15, -0.1) is 6.58 Å². The molecule has 3 aromatic carbocycles. The monoisotopic (exact) mass is 553 g/mol. The summed E-state index contributed by atoms with van der Waals surface area (Å²) in [5.74, 6) is 0.605. The number of hydrogen-bond donors (Lipinski definition) is 0. The van der Waals surface area contributed by atoms with Gasteiger partial charge in [-0.3, -0.25) is 0 Å². The number of halogens is 1. The number of para-hydroxylation sites is 1. The average molecular weight is 554 g/mol. The van der Waals surface area contributed by atoms with E-state index in [0.717, 1.165) is 50.1 Å². The van der Waals surface area contributed by atoms with Gasteiger partial charge in [0.2, 0.25) is 0 Å². The molecule has 0 radical (unpaired) electrons. The summed E-state index contributed by atoms with van der Waals surface area (Å²) in [4.78, 5) is 0. The van der Waals surface area contributed by atoms with Gasteiger partial charge < -0.3 is 4.57 Å². The van der Waals surface area contributed by atoms with Gasteiger partial charge in [-0.2, -0.15) is 0 Å². The molecule has 41 heavy (non-hydrogen) atoms. The molecular formula is C39H52FN. The number of unbranched alkanes of at least 4 members (excludes halogenated alkanes) is 1. The van der Waals surface area contributed by atoms with E-state index in [4.69, 9.17) is 0 Å². The molecule has 220 valence electrons. The van der Waals surface area contributed by atoms with E-state index in [1.54, 1.807) is 0 Å². The van der Waals surface area contributed by atoms with E-state index in [1.165, 1.54) is 46.1 Å². The molecule has 0 bridgehead atoms. The van der Waals surface area contributed by atoms with Gasteiger partial charge in [-0.05, 0) is 89.9 Å². The molecule has 0 spiro atoms. The highest BCUT2D eigenvalue weighted by atomic mass is 19.1. The lowest BCUT2D eigenvalue weighted by atomic mass is 9.87. The van der Waals surface area contributed by atoms with Crippen molar-refractivity contribution in [3.05, 3.63) is 132 Å². The third kappa shape index (κ3) is 10.8. The van der Waals surface area contributed by atoms with Gasteiger partial charge in [0.05, 0.1) is 0 Å². The fourth-order valence-corrected chi connectivity index (χ4v) is 5.06.